The predicted molar refractivity (Wildman–Crippen MR) is 117 cm³/mol. The third-order valence-electron chi connectivity index (χ3n) is 5.51. The number of hydrogen-bond donors (Lipinski definition) is 1. The van der Waals surface area contributed by atoms with Gasteiger partial charge in [-0.1, -0.05) is 0 Å². The molecule has 190 valence electrons. The summed E-state index contributed by atoms with van der Waals surface area (Å²) in [6.45, 7) is 7.38. The third kappa shape index (κ3) is 6.04. The smallest absolute Gasteiger partial charge is 0.416 e. The van der Waals surface area contributed by atoms with Gasteiger partial charge < -0.3 is 24.1 Å². The Kier molecular flexibility index (Phi) is 6.41. The summed E-state index contributed by atoms with van der Waals surface area (Å²) in [6, 6.07) is 2.45. The maximum absolute atomic E-state index is 13.3. The van der Waals surface area contributed by atoms with Crippen LogP contribution in [0.4, 0.5) is 18.0 Å². The molecule has 0 unspecified atom stereocenters. The average Bonchev–Trinajstić information content (AvgIpc) is 3.27. The van der Waals surface area contributed by atoms with Crippen LogP contribution in [0.1, 0.15) is 63.2 Å². The minimum Gasteiger partial charge on any atom is -0.490 e. The Morgan fingerprint density at radius 2 is 1.89 bits per heavy atom. The number of amides is 2. The Hall–Kier alpha value is -3.31. The van der Waals surface area contributed by atoms with Crippen molar-refractivity contribution in [1.29, 1.82) is 0 Å². The zero-order valence-corrected chi connectivity index (χ0v) is 19.8. The van der Waals surface area contributed by atoms with Gasteiger partial charge in [-0.15, -0.1) is 10.2 Å². The topological polar surface area (TPSA) is 107 Å². The quantitative estimate of drug-likeness (QED) is 0.653. The summed E-state index contributed by atoms with van der Waals surface area (Å²) in [6.07, 6.45) is -3.04. The van der Waals surface area contributed by atoms with Crippen LogP contribution in [-0.4, -0.2) is 57.4 Å². The summed E-state index contributed by atoms with van der Waals surface area (Å²) in [5.41, 5.74) is -1.59. The van der Waals surface area contributed by atoms with Crippen LogP contribution in [0.25, 0.3) is 11.5 Å². The van der Waals surface area contributed by atoms with Crippen molar-refractivity contribution >= 4 is 12.0 Å². The van der Waals surface area contributed by atoms with Gasteiger partial charge >= 0.3 is 24.1 Å². The molecule has 2 aromatic rings. The SMILES string of the molecule is C[C@@H]1C[C@@H](NC(=O)c2nnc(-c3cc(C(F)(F)F)ccc3OC3CC3)o2)CN1C(=O)OC(C)(C)C. The Balaban J connectivity index is 1.47. The van der Waals surface area contributed by atoms with E-state index in [1.807, 2.05) is 6.92 Å². The number of aromatic nitrogens is 2. The summed E-state index contributed by atoms with van der Waals surface area (Å²) < 4.78 is 56.3. The highest BCUT2D eigenvalue weighted by Gasteiger charge is 2.37. The first-order chi connectivity index (χ1) is 16.3. The first-order valence-corrected chi connectivity index (χ1v) is 11.3. The van der Waals surface area contributed by atoms with Gasteiger partial charge in [0.05, 0.1) is 17.2 Å². The van der Waals surface area contributed by atoms with Crippen LogP contribution >= 0.6 is 0 Å². The van der Waals surface area contributed by atoms with Crippen molar-refractivity contribution in [2.45, 2.75) is 76.9 Å². The zero-order chi connectivity index (χ0) is 25.5. The number of rotatable bonds is 5. The van der Waals surface area contributed by atoms with Gasteiger partial charge in [0.15, 0.2) is 0 Å². The first kappa shape index (κ1) is 24.8. The number of likely N-dealkylation sites (tertiary alicyclic amines) is 1. The van der Waals surface area contributed by atoms with Crippen LogP contribution in [0.3, 0.4) is 0 Å². The number of carbonyl (C=O) groups is 2. The minimum absolute atomic E-state index is 0.0381. The van der Waals surface area contributed by atoms with Crippen molar-refractivity contribution in [1.82, 2.24) is 20.4 Å². The van der Waals surface area contributed by atoms with E-state index in [1.165, 1.54) is 11.0 Å². The molecule has 1 aliphatic carbocycles. The van der Waals surface area contributed by atoms with Gasteiger partial charge in [0.1, 0.15) is 11.4 Å². The van der Waals surface area contributed by atoms with Gasteiger partial charge in [-0.25, -0.2) is 4.79 Å². The standard InChI is InChI=1S/C23H27F3N4O5/c1-12-9-14(11-30(12)21(32)35-22(2,3)4)27-18(31)20-29-28-19(34-20)16-10-13(23(24,25)26)5-8-17(16)33-15-6-7-15/h5,8,10,12,14-15H,6-7,9,11H2,1-4H3,(H,27,31)/t12-,14-/m1/s1. The Morgan fingerprint density at radius 3 is 2.51 bits per heavy atom. The number of halogens is 3. The summed E-state index contributed by atoms with van der Waals surface area (Å²) in [5.74, 6) is -1.18. The monoisotopic (exact) mass is 496 g/mol. The molecule has 1 saturated heterocycles. The first-order valence-electron chi connectivity index (χ1n) is 11.3. The zero-order valence-electron chi connectivity index (χ0n) is 19.8. The summed E-state index contributed by atoms with van der Waals surface area (Å²) in [4.78, 5) is 26.6. The molecule has 1 aliphatic heterocycles. The lowest BCUT2D eigenvalue weighted by molar-refractivity contribution is -0.137. The number of alkyl halides is 3. The molecule has 9 nitrogen and oxygen atoms in total. The fourth-order valence-corrected chi connectivity index (χ4v) is 3.72. The molecule has 35 heavy (non-hydrogen) atoms. The lowest BCUT2D eigenvalue weighted by Crippen LogP contribution is -2.41. The maximum Gasteiger partial charge on any atom is 0.416 e. The number of benzene rings is 1. The molecule has 2 atom stereocenters. The van der Waals surface area contributed by atoms with E-state index >= 15 is 0 Å². The van der Waals surface area contributed by atoms with Gasteiger partial charge in [0, 0.05) is 18.6 Å². The van der Waals surface area contributed by atoms with E-state index in [9.17, 15) is 22.8 Å². The summed E-state index contributed by atoms with van der Waals surface area (Å²) in [7, 11) is 0. The molecule has 0 bridgehead atoms. The molecule has 1 aromatic carbocycles. The van der Waals surface area contributed by atoms with Crippen molar-refractivity contribution in [3.05, 3.63) is 29.7 Å². The minimum atomic E-state index is -4.58. The molecule has 1 aromatic heterocycles. The highest BCUT2D eigenvalue weighted by Crippen LogP contribution is 2.39. The van der Waals surface area contributed by atoms with Crippen LogP contribution in [0.2, 0.25) is 0 Å². The number of ether oxygens (including phenoxy) is 2. The van der Waals surface area contributed by atoms with Gasteiger partial charge in [0.2, 0.25) is 0 Å². The molecule has 2 fully saturated rings. The van der Waals surface area contributed by atoms with Crippen molar-refractivity contribution < 1.29 is 36.7 Å². The molecule has 12 heteroatoms. The molecular weight excluding hydrogens is 469 g/mol. The number of hydrogen-bond acceptors (Lipinski definition) is 7. The van der Waals surface area contributed by atoms with E-state index in [1.54, 1.807) is 20.8 Å². The second-order valence-corrected chi connectivity index (χ2v) is 9.83. The van der Waals surface area contributed by atoms with Crippen molar-refractivity contribution in [3.8, 4) is 17.2 Å². The van der Waals surface area contributed by atoms with E-state index in [-0.39, 0.29) is 41.9 Å². The Bertz CT molecular complexity index is 1110. The Morgan fingerprint density at radius 1 is 1.17 bits per heavy atom. The molecule has 1 saturated carbocycles. The van der Waals surface area contributed by atoms with Crippen molar-refractivity contribution in [3.63, 3.8) is 0 Å². The second-order valence-electron chi connectivity index (χ2n) is 9.83. The third-order valence-corrected chi connectivity index (χ3v) is 5.51. The van der Waals surface area contributed by atoms with Crippen LogP contribution in [0.5, 0.6) is 5.75 Å². The van der Waals surface area contributed by atoms with E-state index in [0.717, 1.165) is 25.0 Å². The highest BCUT2D eigenvalue weighted by molar-refractivity contribution is 5.90. The molecule has 2 heterocycles. The van der Waals surface area contributed by atoms with Gasteiger partial charge in [-0.2, -0.15) is 13.2 Å². The fourth-order valence-electron chi connectivity index (χ4n) is 3.72. The number of nitrogens with one attached hydrogen (secondary N) is 1. The normalized spacial score (nSPS) is 20.6. The molecular formula is C23H27F3N4O5. The van der Waals surface area contributed by atoms with Crippen molar-refractivity contribution in [2.75, 3.05) is 6.54 Å². The van der Waals surface area contributed by atoms with Crippen molar-refractivity contribution in [2.24, 2.45) is 0 Å². The summed E-state index contributed by atoms with van der Waals surface area (Å²) in [5, 5.41) is 10.2. The second kappa shape index (κ2) is 9.04. The van der Waals surface area contributed by atoms with E-state index in [0.29, 0.717) is 6.42 Å². The lowest BCUT2D eigenvalue weighted by atomic mass is 10.1. The van der Waals surface area contributed by atoms with E-state index in [4.69, 9.17) is 13.9 Å². The lowest BCUT2D eigenvalue weighted by Gasteiger charge is -2.26. The van der Waals surface area contributed by atoms with Crippen LogP contribution in [0.15, 0.2) is 22.6 Å². The van der Waals surface area contributed by atoms with Gasteiger partial charge in [0.25, 0.3) is 5.89 Å². The molecule has 1 N–H and O–H groups in total. The van der Waals surface area contributed by atoms with E-state index in [2.05, 4.69) is 15.5 Å². The predicted octanol–water partition coefficient (Wildman–Crippen LogP) is 4.42. The Labute approximate surface area is 200 Å². The fraction of sp³-hybridized carbons (Fsp3) is 0.565. The van der Waals surface area contributed by atoms with Crippen LogP contribution < -0.4 is 10.1 Å². The van der Waals surface area contributed by atoms with Gasteiger partial charge in [-0.05, 0) is 65.2 Å². The maximum atomic E-state index is 13.3. The molecule has 4 rings (SSSR count). The molecule has 2 amide bonds. The molecule has 2 aliphatic rings. The molecule has 0 spiro atoms. The largest absolute Gasteiger partial charge is 0.490 e. The molecule has 0 radical (unpaired) electrons. The van der Waals surface area contributed by atoms with Crippen LogP contribution in [-0.2, 0) is 10.9 Å². The average molecular weight is 496 g/mol. The summed E-state index contributed by atoms with van der Waals surface area (Å²) >= 11 is 0. The van der Waals surface area contributed by atoms with Gasteiger partial charge in [-0.3, -0.25) is 4.79 Å². The number of carbonyl (C=O) groups excluding carboxylic acids is 2. The highest BCUT2D eigenvalue weighted by atomic mass is 19.4. The van der Waals surface area contributed by atoms with E-state index < -0.39 is 35.2 Å². The number of nitrogens with zero attached hydrogens (tertiary/aromatic N) is 3. The van der Waals surface area contributed by atoms with Crippen LogP contribution in [0, 0.1) is 0 Å².